The average molecular weight is 2070 g/mol. The number of carbonyl (C=O) groups excluding carboxylic acids is 6. The summed E-state index contributed by atoms with van der Waals surface area (Å²) in [5.41, 5.74) is 46.7. The molecule has 0 unspecified atom stereocenters. The molecule has 5 aromatic carbocycles. The number of primary amides is 5. The first-order valence-electron chi connectivity index (χ1n) is 41.1. The summed E-state index contributed by atoms with van der Waals surface area (Å²) in [6.45, 7) is 36.5. The Hall–Kier alpha value is -12.5. The second-order valence-corrected chi connectivity index (χ2v) is 42.0. The van der Waals surface area contributed by atoms with Gasteiger partial charge >= 0.3 is 0 Å². The number of hydrogen-bond acceptors (Lipinski definition) is 37. The molecule has 0 aliphatic heterocycles. The van der Waals surface area contributed by atoms with Crippen molar-refractivity contribution in [1.82, 2.24) is 49.8 Å². The van der Waals surface area contributed by atoms with E-state index in [9.17, 15) is 28.8 Å². The van der Waals surface area contributed by atoms with Crippen LogP contribution < -0.4 is 90.0 Å². The number of aromatic nitrogens is 10. The monoisotopic (exact) mass is 2060 g/mol. The van der Waals surface area contributed by atoms with E-state index in [1.54, 1.807) is 125 Å². The lowest BCUT2D eigenvalue weighted by Gasteiger charge is -2.15. The van der Waals surface area contributed by atoms with Crippen LogP contribution in [-0.4, -0.2) is 116 Å². The molecule has 0 radical (unpaired) electrons. The van der Waals surface area contributed by atoms with Gasteiger partial charge in [0.2, 0.25) is 35.4 Å². The molecular formula is C90H99BrN22O11S10. The largest absolute Gasteiger partial charge is 0.489 e. The van der Waals surface area contributed by atoms with Crippen molar-refractivity contribution >= 4 is 229 Å². The zero-order chi connectivity index (χ0) is 97.4. The molecule has 0 spiro atoms. The number of nitrogen functional groups attached to an aromatic ring is 1. The number of nitrogens with one attached hydrogen (secondary N) is 6. The summed E-state index contributed by atoms with van der Waals surface area (Å²) in [4.78, 5) is 119. The molecular weight excluding hydrogens is 1970 g/mol. The van der Waals surface area contributed by atoms with E-state index in [2.05, 4.69) is 92.7 Å². The minimum absolute atomic E-state index is 0.00431. The summed E-state index contributed by atoms with van der Waals surface area (Å²) in [6, 6.07) is 25.3. The lowest BCUT2D eigenvalue weighted by molar-refractivity contribution is -0.114. The Bertz CT molecular complexity index is 6370. The molecule has 18 N–H and O–H groups in total. The van der Waals surface area contributed by atoms with E-state index < -0.39 is 29.5 Å². The standard InChI is InChI=1S/C19H21N5O3S2.C18H19BrN4O2S2.2C18H20N4O2S2.C17H19N5O2S2/c1-9(2)27-15-6-5-12(17(20)26)7-13(15)23-18-24-14(8-28-18)16-10(3)21-19(29-16)22-11(4)25;1-8(2)25-13-6-5-11(17(20)24)7-12(13)22-18-23-14(16(19)27-18)15-9(3)21-10(4)26-15;2*1-9(2)24-15-6-5-12(17(19)23)7-13(15)21-18-22-14(8-25-18)16-10(3)20-11(4)26-16;1-8(2)24-13-5-4-10(15(18)23)6-11(13)21-17-22-12(7-25-17)14-9(3)20-16(19)26-14/h5-9H,1-4H3,(H2,20,26)(H,23,24)(H,21,22,25);5-8H,1-4H3,(H2,20,24)(H,22,23);2*5-9H,1-4H3,(H2,19,23)(H,21,22);4-8H,1-3H3,(H2,18,23)(H2,19,20)(H,21,22). The molecule has 0 bridgehead atoms. The van der Waals surface area contributed by atoms with Gasteiger partial charge < -0.3 is 90.0 Å². The van der Waals surface area contributed by atoms with Crippen LogP contribution in [0.15, 0.2) is 116 Å². The van der Waals surface area contributed by atoms with Gasteiger partial charge in [0.1, 0.15) is 38.2 Å². The number of rotatable bonds is 31. The summed E-state index contributed by atoms with van der Waals surface area (Å²) < 4.78 is 30.0. The van der Waals surface area contributed by atoms with E-state index in [4.69, 9.17) is 63.1 Å². The highest BCUT2D eigenvalue weighted by molar-refractivity contribution is 9.11. The SMILES string of the molecule is CC(=O)Nc1nc(C)c(-c2csc(Nc3cc(C(N)=O)ccc3OC(C)C)n2)s1.Cc1nc(C)c(-c2csc(Nc3cc(C(N)=O)ccc3OC(C)C)n2)s1.Cc1nc(C)c(-c2csc(Nc3cc(C(N)=O)ccc3OC(C)C)n2)s1.Cc1nc(C)c(-c2nc(Nc3cc(C(N)=O)ccc3OC(C)C)sc2Br)s1.Cc1nc(N)sc1-c1csc(Nc2cc(C(N)=O)ccc2OC(C)C)n1. The van der Waals surface area contributed by atoms with E-state index in [0.29, 0.717) is 121 Å². The number of nitrogens with two attached hydrogens (primary N) is 6. The number of thiazole rings is 10. The van der Waals surface area contributed by atoms with Crippen molar-refractivity contribution in [3.8, 4) is 81.6 Å². The Morgan fingerprint density at radius 3 is 0.813 bits per heavy atom. The predicted octanol–water partition coefficient (Wildman–Crippen LogP) is 22.3. The highest BCUT2D eigenvalue weighted by Crippen LogP contribution is 2.45. The zero-order valence-corrected chi connectivity index (χ0v) is 86.0. The first-order chi connectivity index (χ1) is 63.5. The number of carbonyl (C=O) groups is 6. The van der Waals surface area contributed by atoms with Crippen LogP contribution in [0.1, 0.15) is 171 Å². The summed E-state index contributed by atoms with van der Waals surface area (Å²) in [7, 11) is 0. The van der Waals surface area contributed by atoms with Crippen LogP contribution in [0.2, 0.25) is 0 Å². The molecule has 702 valence electrons. The van der Waals surface area contributed by atoms with Crippen LogP contribution in [-0.2, 0) is 4.79 Å². The molecule has 10 heterocycles. The number of halogens is 1. The molecule has 10 aromatic heterocycles. The quantitative estimate of drug-likeness (QED) is 0.0192. The number of nitrogens with zero attached hydrogens (tertiary/aromatic N) is 10. The van der Waals surface area contributed by atoms with Crippen LogP contribution in [0.4, 0.5) is 64.4 Å². The third kappa shape index (κ3) is 28.1. The lowest BCUT2D eigenvalue weighted by Crippen LogP contribution is -2.12. The molecule has 15 aromatic rings. The number of anilines is 12. The molecule has 6 amide bonds. The van der Waals surface area contributed by atoms with Crippen LogP contribution in [0, 0.1) is 55.4 Å². The van der Waals surface area contributed by atoms with Crippen molar-refractivity contribution in [1.29, 1.82) is 0 Å². The number of hydrogen-bond donors (Lipinski definition) is 12. The summed E-state index contributed by atoms with van der Waals surface area (Å²) in [5.74, 6) is 0.493. The second kappa shape index (κ2) is 46.0. The molecule has 0 atom stereocenters. The zero-order valence-electron chi connectivity index (χ0n) is 76.2. The number of amides is 6. The van der Waals surface area contributed by atoms with Crippen molar-refractivity contribution in [2.75, 3.05) is 37.6 Å². The fraction of sp³-hybridized carbons (Fsp3) is 0.267. The maximum Gasteiger partial charge on any atom is 0.248 e. The summed E-state index contributed by atoms with van der Waals surface area (Å²) in [5, 5.41) is 34.2. The van der Waals surface area contributed by atoms with Gasteiger partial charge in [0, 0.05) is 56.3 Å². The Kier molecular flexibility index (Phi) is 35.0. The van der Waals surface area contributed by atoms with Crippen molar-refractivity contribution in [3.05, 3.63) is 188 Å². The minimum atomic E-state index is -0.519. The highest BCUT2D eigenvalue weighted by Gasteiger charge is 2.25. The Labute approximate surface area is 822 Å². The first-order valence-corrected chi connectivity index (χ1v) is 50.4. The Morgan fingerprint density at radius 1 is 0.313 bits per heavy atom. The highest BCUT2D eigenvalue weighted by atomic mass is 79.9. The van der Waals surface area contributed by atoms with E-state index in [-0.39, 0.29) is 36.4 Å². The fourth-order valence-electron chi connectivity index (χ4n) is 12.3. The smallest absolute Gasteiger partial charge is 0.248 e. The maximum atomic E-state index is 11.5. The van der Waals surface area contributed by atoms with Gasteiger partial charge in [0.15, 0.2) is 35.9 Å². The molecule has 33 nitrogen and oxygen atoms in total. The van der Waals surface area contributed by atoms with Gasteiger partial charge in [0.05, 0.1) is 150 Å². The third-order valence-electron chi connectivity index (χ3n) is 17.7. The third-order valence-corrected chi connectivity index (χ3v) is 27.7. The fourth-order valence-corrected chi connectivity index (χ4v) is 21.5. The van der Waals surface area contributed by atoms with Crippen LogP contribution in [0.3, 0.4) is 0 Å². The predicted molar refractivity (Wildman–Crippen MR) is 550 cm³/mol. The molecule has 0 saturated heterocycles. The van der Waals surface area contributed by atoms with Crippen molar-refractivity contribution < 1.29 is 52.5 Å². The topological polar surface area (TPSA) is 506 Å². The van der Waals surface area contributed by atoms with Gasteiger partial charge in [-0.25, -0.2) is 49.8 Å². The molecule has 44 heteroatoms. The van der Waals surface area contributed by atoms with Gasteiger partial charge in [-0.15, -0.1) is 79.4 Å². The van der Waals surface area contributed by atoms with E-state index in [0.717, 1.165) is 100 Å². The molecule has 134 heavy (non-hydrogen) atoms. The number of benzene rings is 5. The van der Waals surface area contributed by atoms with Crippen molar-refractivity contribution in [2.24, 2.45) is 28.7 Å². The van der Waals surface area contributed by atoms with E-state index in [1.807, 2.05) is 146 Å². The molecule has 0 saturated carbocycles. The van der Waals surface area contributed by atoms with Gasteiger partial charge in [-0.1, -0.05) is 34.0 Å². The van der Waals surface area contributed by atoms with Gasteiger partial charge in [-0.3, -0.25) is 28.8 Å². The molecule has 0 aliphatic carbocycles. The average Bonchev–Trinajstić information content (AvgIpc) is 1.66. The minimum Gasteiger partial charge on any atom is -0.489 e. The molecule has 0 aliphatic rings. The Balaban J connectivity index is 0.000000161. The number of ether oxygens (including phenoxy) is 5. The van der Waals surface area contributed by atoms with Crippen molar-refractivity contribution in [3.63, 3.8) is 0 Å². The van der Waals surface area contributed by atoms with Gasteiger partial charge in [0.25, 0.3) is 0 Å². The Morgan fingerprint density at radius 2 is 0.567 bits per heavy atom. The van der Waals surface area contributed by atoms with Crippen LogP contribution in [0.25, 0.3) is 52.9 Å². The number of aryl methyl sites for hydroxylation is 8. The van der Waals surface area contributed by atoms with Crippen LogP contribution in [0.5, 0.6) is 28.7 Å². The van der Waals surface area contributed by atoms with Gasteiger partial charge in [-0.05, 0) is 232 Å². The molecule has 0 fully saturated rings. The first kappa shape index (κ1) is 102. The summed E-state index contributed by atoms with van der Waals surface area (Å²) in [6.07, 6.45) is -0.0424. The second-order valence-electron chi connectivity index (χ2n) is 30.7. The normalized spacial score (nSPS) is 10.9. The molecule has 15 rings (SSSR count). The maximum absolute atomic E-state index is 11.5. The van der Waals surface area contributed by atoms with Crippen molar-refractivity contribution in [2.45, 2.75) is 162 Å². The lowest BCUT2D eigenvalue weighted by atomic mass is 10.1. The van der Waals surface area contributed by atoms with E-state index in [1.165, 1.54) is 86.3 Å². The van der Waals surface area contributed by atoms with Gasteiger partial charge in [-0.2, -0.15) is 0 Å². The summed E-state index contributed by atoms with van der Waals surface area (Å²) >= 11 is 18.5. The van der Waals surface area contributed by atoms with Crippen LogP contribution >= 0.6 is 129 Å². The van der Waals surface area contributed by atoms with E-state index >= 15 is 0 Å².